The Hall–Kier alpha value is -2.62. The lowest BCUT2D eigenvalue weighted by Gasteiger charge is -2.41. The summed E-state index contributed by atoms with van der Waals surface area (Å²) in [6.07, 6.45) is -0.427. The van der Waals surface area contributed by atoms with Gasteiger partial charge in [0.15, 0.2) is 5.69 Å². The number of hydrogen-bond donors (Lipinski definition) is 1. The van der Waals surface area contributed by atoms with Crippen LogP contribution < -0.4 is 0 Å². The normalized spacial score (nSPS) is 24.6. The van der Waals surface area contributed by atoms with Gasteiger partial charge in [0.1, 0.15) is 12.2 Å². The molecule has 2 aromatic heterocycles. The number of carbonyl (C=O) groups excluding carboxylic acids is 2. The molecule has 0 spiro atoms. The number of fused-ring (bicyclic) bond motifs is 1. The van der Waals surface area contributed by atoms with Crippen LogP contribution in [0.4, 0.5) is 13.2 Å². The first-order valence-corrected chi connectivity index (χ1v) is 11.5. The zero-order valence-corrected chi connectivity index (χ0v) is 18.4. The lowest BCUT2D eigenvalue weighted by atomic mass is 9.91. The number of amides is 2. The Labute approximate surface area is 189 Å². The van der Waals surface area contributed by atoms with Crippen molar-refractivity contribution in [2.24, 2.45) is 0 Å². The molecule has 33 heavy (non-hydrogen) atoms. The number of carbonyl (C=O) groups is 2. The predicted octanol–water partition coefficient (Wildman–Crippen LogP) is 3.13. The van der Waals surface area contributed by atoms with Crippen molar-refractivity contribution in [1.82, 2.24) is 19.4 Å². The largest absolute Gasteiger partial charge is 0.433 e. The van der Waals surface area contributed by atoms with E-state index < -0.39 is 17.8 Å². The van der Waals surface area contributed by atoms with E-state index in [1.54, 1.807) is 17.9 Å². The van der Waals surface area contributed by atoms with Gasteiger partial charge in [0.2, 0.25) is 5.91 Å². The van der Waals surface area contributed by atoms with Crippen LogP contribution in [-0.2, 0) is 11.0 Å². The first kappa shape index (κ1) is 22.2. The van der Waals surface area contributed by atoms with Gasteiger partial charge in [-0.1, -0.05) is 0 Å². The van der Waals surface area contributed by atoms with Gasteiger partial charge in [0, 0.05) is 24.7 Å². The van der Waals surface area contributed by atoms with Crippen molar-refractivity contribution in [2.45, 2.75) is 69.7 Å². The molecule has 0 unspecified atom stereocenters. The summed E-state index contributed by atoms with van der Waals surface area (Å²) in [6, 6.07) is 2.90. The minimum absolute atomic E-state index is 0.0458. The first-order valence-electron chi connectivity index (χ1n) is 11.5. The van der Waals surface area contributed by atoms with Gasteiger partial charge in [0.05, 0.1) is 11.6 Å². The fourth-order valence-corrected chi connectivity index (χ4v) is 5.10. The molecule has 1 N–H and O–H groups in total. The van der Waals surface area contributed by atoms with Gasteiger partial charge in [-0.05, 0) is 69.1 Å². The van der Waals surface area contributed by atoms with Gasteiger partial charge >= 0.3 is 6.18 Å². The standard InChI is InChI=1S/C23H27F3N4O3/c1-13-18-10-15(14-2-3-14)11-19(23(24,25)26)30(18)27-21(13)22(33)28-8-9-29(20(32)12-28)16-4-6-17(31)7-5-16/h10-11,14,16-17,31H,2-9,12H2,1H3/t16-,17-. The summed E-state index contributed by atoms with van der Waals surface area (Å²) in [5.74, 6) is -0.579. The van der Waals surface area contributed by atoms with E-state index in [0.717, 1.165) is 36.3 Å². The maximum Gasteiger partial charge on any atom is 0.433 e. The molecular formula is C23H27F3N4O3. The molecule has 0 radical (unpaired) electrons. The van der Waals surface area contributed by atoms with Crippen LogP contribution in [0.25, 0.3) is 5.52 Å². The summed E-state index contributed by atoms with van der Waals surface area (Å²) in [5, 5.41) is 13.8. The number of aliphatic hydroxyl groups is 1. The van der Waals surface area contributed by atoms with E-state index in [1.165, 1.54) is 4.90 Å². The fraction of sp³-hybridized carbons (Fsp3) is 0.609. The molecule has 7 nitrogen and oxygen atoms in total. The Morgan fingerprint density at radius 3 is 2.39 bits per heavy atom. The Kier molecular flexibility index (Phi) is 5.38. The highest BCUT2D eigenvalue weighted by Crippen LogP contribution is 2.43. The highest BCUT2D eigenvalue weighted by atomic mass is 19.4. The third-order valence-corrected chi connectivity index (χ3v) is 7.20. The van der Waals surface area contributed by atoms with Crippen molar-refractivity contribution in [3.05, 3.63) is 34.6 Å². The van der Waals surface area contributed by atoms with E-state index in [1.807, 2.05) is 0 Å². The molecule has 3 fully saturated rings. The van der Waals surface area contributed by atoms with Gasteiger partial charge in [-0.2, -0.15) is 18.3 Å². The average Bonchev–Trinajstić information content (AvgIpc) is 3.57. The van der Waals surface area contributed by atoms with Crippen molar-refractivity contribution in [3.63, 3.8) is 0 Å². The fourth-order valence-electron chi connectivity index (χ4n) is 5.10. The number of alkyl halides is 3. The lowest BCUT2D eigenvalue weighted by molar-refractivity contribution is -0.142. The van der Waals surface area contributed by atoms with Crippen molar-refractivity contribution < 1.29 is 27.9 Å². The summed E-state index contributed by atoms with van der Waals surface area (Å²) >= 11 is 0. The minimum atomic E-state index is -4.60. The zero-order valence-electron chi connectivity index (χ0n) is 18.4. The monoisotopic (exact) mass is 464 g/mol. The van der Waals surface area contributed by atoms with Crippen LogP contribution in [0.1, 0.15) is 71.8 Å². The molecule has 2 saturated carbocycles. The molecule has 178 valence electrons. The maximum absolute atomic E-state index is 13.8. The number of rotatable bonds is 3. The molecule has 0 bridgehead atoms. The van der Waals surface area contributed by atoms with Crippen molar-refractivity contribution >= 4 is 17.3 Å². The van der Waals surface area contributed by atoms with Crippen LogP contribution in [0, 0.1) is 6.92 Å². The van der Waals surface area contributed by atoms with Crippen molar-refractivity contribution in [3.8, 4) is 0 Å². The van der Waals surface area contributed by atoms with E-state index in [9.17, 15) is 27.9 Å². The number of pyridine rings is 1. The second kappa shape index (κ2) is 8.00. The Morgan fingerprint density at radius 1 is 1.09 bits per heavy atom. The number of aryl methyl sites for hydroxylation is 1. The quantitative estimate of drug-likeness (QED) is 0.757. The zero-order chi connectivity index (χ0) is 23.5. The van der Waals surface area contributed by atoms with Crippen LogP contribution in [0.3, 0.4) is 0 Å². The molecular weight excluding hydrogens is 437 g/mol. The molecule has 2 aromatic rings. The Balaban J connectivity index is 1.40. The molecule has 0 atom stereocenters. The van der Waals surface area contributed by atoms with Gasteiger partial charge < -0.3 is 14.9 Å². The lowest BCUT2D eigenvalue weighted by Crippen LogP contribution is -2.56. The number of piperazine rings is 1. The van der Waals surface area contributed by atoms with E-state index >= 15 is 0 Å². The van der Waals surface area contributed by atoms with Crippen LogP contribution in [-0.4, -0.2) is 68.1 Å². The second-order valence-electron chi connectivity index (χ2n) is 9.49. The van der Waals surface area contributed by atoms with E-state index in [4.69, 9.17) is 0 Å². The number of aliphatic hydroxyl groups excluding tert-OH is 1. The van der Waals surface area contributed by atoms with E-state index in [2.05, 4.69) is 5.10 Å². The molecule has 2 aliphatic carbocycles. The average molecular weight is 464 g/mol. The molecule has 1 saturated heterocycles. The summed E-state index contributed by atoms with van der Waals surface area (Å²) < 4.78 is 42.1. The second-order valence-corrected chi connectivity index (χ2v) is 9.49. The third-order valence-electron chi connectivity index (χ3n) is 7.20. The van der Waals surface area contributed by atoms with E-state index in [-0.39, 0.29) is 41.7 Å². The van der Waals surface area contributed by atoms with Crippen LogP contribution >= 0.6 is 0 Å². The highest BCUT2D eigenvalue weighted by molar-refractivity contribution is 5.98. The number of halogens is 3. The van der Waals surface area contributed by atoms with Gasteiger partial charge in [-0.15, -0.1) is 0 Å². The molecule has 1 aliphatic heterocycles. The summed E-state index contributed by atoms with van der Waals surface area (Å²) in [6.45, 7) is 2.16. The summed E-state index contributed by atoms with van der Waals surface area (Å²) in [7, 11) is 0. The Morgan fingerprint density at radius 2 is 1.79 bits per heavy atom. The molecule has 3 aliphatic rings. The molecule has 2 amide bonds. The minimum Gasteiger partial charge on any atom is -0.393 e. The molecule has 5 rings (SSSR count). The summed E-state index contributed by atoms with van der Waals surface area (Å²) in [4.78, 5) is 29.2. The van der Waals surface area contributed by atoms with Crippen LogP contribution in [0.2, 0.25) is 0 Å². The van der Waals surface area contributed by atoms with Crippen molar-refractivity contribution in [2.75, 3.05) is 19.6 Å². The number of hydrogen-bond acceptors (Lipinski definition) is 4. The van der Waals surface area contributed by atoms with Crippen molar-refractivity contribution in [1.29, 1.82) is 0 Å². The molecule has 3 heterocycles. The Bertz CT molecular complexity index is 1100. The first-order chi connectivity index (χ1) is 15.6. The smallest absolute Gasteiger partial charge is 0.393 e. The van der Waals surface area contributed by atoms with Crippen LogP contribution in [0.5, 0.6) is 0 Å². The van der Waals surface area contributed by atoms with Gasteiger partial charge in [-0.25, -0.2) is 4.52 Å². The molecule has 0 aromatic carbocycles. The number of aromatic nitrogens is 2. The topological polar surface area (TPSA) is 78.2 Å². The maximum atomic E-state index is 13.8. The molecule has 10 heteroatoms. The van der Waals surface area contributed by atoms with Gasteiger partial charge in [0.25, 0.3) is 5.91 Å². The van der Waals surface area contributed by atoms with E-state index in [0.29, 0.717) is 37.1 Å². The SMILES string of the molecule is Cc1c(C(=O)N2CCN([C@H]3CC[C@H](O)CC3)C(=O)C2)nn2c(C(F)(F)F)cc(C3CC3)cc12. The summed E-state index contributed by atoms with van der Waals surface area (Å²) in [5.41, 5.74) is 0.364. The number of nitrogens with zero attached hydrogens (tertiary/aromatic N) is 4. The van der Waals surface area contributed by atoms with Crippen LogP contribution in [0.15, 0.2) is 12.1 Å². The van der Waals surface area contributed by atoms with Gasteiger partial charge in [-0.3, -0.25) is 9.59 Å². The predicted molar refractivity (Wildman–Crippen MR) is 113 cm³/mol. The third kappa shape index (κ3) is 4.09. The highest BCUT2D eigenvalue weighted by Gasteiger charge is 2.39.